The summed E-state index contributed by atoms with van der Waals surface area (Å²) in [6, 6.07) is 5.72. The van der Waals surface area contributed by atoms with Gasteiger partial charge in [0, 0.05) is 12.4 Å². The Bertz CT molecular complexity index is 99.8. The Labute approximate surface area is 77.3 Å². The first kappa shape index (κ1) is 9.83. The SMILES string of the molecule is [Cl][Pd][I].c1ccncc1. The van der Waals surface area contributed by atoms with Crippen molar-refractivity contribution in [2.75, 3.05) is 0 Å². The van der Waals surface area contributed by atoms with Crippen LogP contribution in [-0.2, 0) is 13.3 Å². The monoisotopic (exact) mass is 347 g/mol. The second-order valence-corrected chi connectivity index (χ2v) is 6.40. The molecule has 54 valence electrons. The molecule has 0 radical (unpaired) electrons. The van der Waals surface area contributed by atoms with Crippen molar-refractivity contribution in [1.29, 1.82) is 0 Å². The summed E-state index contributed by atoms with van der Waals surface area (Å²) >= 11 is 2.50. The van der Waals surface area contributed by atoms with Crippen LogP contribution in [0.25, 0.3) is 0 Å². The quantitative estimate of drug-likeness (QED) is 0.519. The standard InChI is InChI=1S/C5H5N.ClH.HI.Pd/c1-2-4-6-5-3-1;;;/h1-5H;2*1H;/q;;;+2/p-2. The molecule has 0 fully saturated rings. The first-order valence-electron chi connectivity index (χ1n) is 2.09. The van der Waals surface area contributed by atoms with Gasteiger partial charge in [0.15, 0.2) is 0 Å². The number of aromatic nitrogens is 1. The van der Waals surface area contributed by atoms with Crippen molar-refractivity contribution < 1.29 is 13.3 Å². The van der Waals surface area contributed by atoms with Crippen LogP contribution in [0.2, 0.25) is 0 Å². The minimum atomic E-state index is 0.392. The van der Waals surface area contributed by atoms with E-state index in [1.54, 1.807) is 12.4 Å². The third kappa shape index (κ3) is 8.83. The van der Waals surface area contributed by atoms with Gasteiger partial charge < -0.3 is 0 Å². The van der Waals surface area contributed by atoms with Crippen molar-refractivity contribution in [3.63, 3.8) is 0 Å². The van der Waals surface area contributed by atoms with Crippen LogP contribution in [0, 0.1) is 0 Å². The number of hydrogen-bond donors (Lipinski definition) is 0. The van der Waals surface area contributed by atoms with E-state index in [0.29, 0.717) is 13.3 Å². The van der Waals surface area contributed by atoms with Gasteiger partial charge in [-0.1, -0.05) is 6.07 Å². The number of pyridine rings is 1. The van der Waals surface area contributed by atoms with Crippen molar-refractivity contribution in [3.05, 3.63) is 30.6 Å². The zero-order chi connectivity index (χ0) is 6.95. The fourth-order valence-electron chi connectivity index (χ4n) is 0.313. The predicted molar refractivity (Wildman–Crippen MR) is 44.1 cm³/mol. The zero-order valence-corrected chi connectivity index (χ0v) is 8.87. The van der Waals surface area contributed by atoms with Gasteiger partial charge in [-0.3, -0.25) is 4.98 Å². The Hall–Kier alpha value is 0.832. The zero-order valence-electron chi connectivity index (χ0n) is 4.41. The fraction of sp³-hybridized carbons (Fsp3) is 0. The molecule has 0 aliphatic rings. The van der Waals surface area contributed by atoms with Crippen molar-refractivity contribution in [3.8, 4) is 0 Å². The number of rotatable bonds is 0. The van der Waals surface area contributed by atoms with Crippen molar-refractivity contribution in [2.45, 2.75) is 0 Å². The van der Waals surface area contributed by atoms with Crippen LogP contribution in [-0.4, -0.2) is 4.98 Å². The van der Waals surface area contributed by atoms with Gasteiger partial charge in [0.1, 0.15) is 0 Å². The average molecular weight is 348 g/mol. The molecule has 0 spiro atoms. The van der Waals surface area contributed by atoms with Crippen molar-refractivity contribution in [1.82, 2.24) is 4.98 Å². The smallest absolute Gasteiger partial charge is 0.0267 e. The summed E-state index contributed by atoms with van der Waals surface area (Å²) in [7, 11) is 5.04. The van der Waals surface area contributed by atoms with E-state index in [0.717, 1.165) is 0 Å². The Morgan fingerprint density at radius 2 is 1.67 bits per heavy atom. The van der Waals surface area contributed by atoms with Gasteiger partial charge in [-0.2, -0.15) is 0 Å². The van der Waals surface area contributed by atoms with E-state index in [1.807, 2.05) is 18.2 Å². The van der Waals surface area contributed by atoms with Gasteiger partial charge >= 0.3 is 42.4 Å². The predicted octanol–water partition coefficient (Wildman–Crippen LogP) is 2.65. The van der Waals surface area contributed by atoms with Gasteiger partial charge in [0.2, 0.25) is 0 Å². The largest absolute Gasteiger partial charge is 0.265 e. The molecule has 1 nitrogen and oxygen atoms in total. The van der Waals surface area contributed by atoms with E-state index in [-0.39, 0.29) is 0 Å². The van der Waals surface area contributed by atoms with Crippen LogP contribution in [0.5, 0.6) is 0 Å². The van der Waals surface area contributed by atoms with E-state index in [2.05, 4.69) is 24.5 Å². The minimum absolute atomic E-state index is 0.392. The minimum Gasteiger partial charge on any atom is -0.265 e. The first-order chi connectivity index (χ1) is 4.41. The van der Waals surface area contributed by atoms with Gasteiger partial charge in [-0.05, 0) is 12.1 Å². The fourth-order valence-corrected chi connectivity index (χ4v) is 0.313. The van der Waals surface area contributed by atoms with E-state index in [1.165, 1.54) is 0 Å². The van der Waals surface area contributed by atoms with Gasteiger partial charge in [-0.25, -0.2) is 0 Å². The summed E-state index contributed by atoms with van der Waals surface area (Å²) < 4.78 is 0. The van der Waals surface area contributed by atoms with E-state index < -0.39 is 0 Å². The summed E-state index contributed by atoms with van der Waals surface area (Å²) in [4.78, 5) is 3.78. The van der Waals surface area contributed by atoms with Crippen LogP contribution < -0.4 is 0 Å². The molecule has 1 rings (SSSR count). The summed E-state index contributed by atoms with van der Waals surface area (Å²) in [5.74, 6) is 0. The normalized spacial score (nSPS) is 7.78. The van der Waals surface area contributed by atoms with Crippen LogP contribution in [0.1, 0.15) is 0 Å². The Morgan fingerprint density at radius 1 is 1.22 bits per heavy atom. The topological polar surface area (TPSA) is 12.9 Å². The average Bonchev–Trinajstić information content (AvgIpc) is 1.93. The molecule has 4 heteroatoms. The number of hydrogen-bond acceptors (Lipinski definition) is 1. The molecule has 0 atom stereocenters. The van der Waals surface area contributed by atoms with Crippen molar-refractivity contribution in [2.24, 2.45) is 0 Å². The molecule has 1 aromatic rings. The summed E-state index contributed by atoms with van der Waals surface area (Å²) in [6.07, 6.45) is 3.50. The maximum atomic E-state index is 5.04. The molecular formula is C5H5ClINPd. The first-order valence-corrected chi connectivity index (χ1v) is 8.71. The number of halogens is 2. The van der Waals surface area contributed by atoms with Gasteiger partial charge in [0.25, 0.3) is 0 Å². The van der Waals surface area contributed by atoms with E-state index >= 15 is 0 Å². The van der Waals surface area contributed by atoms with E-state index in [4.69, 9.17) is 9.53 Å². The maximum Gasteiger partial charge on any atom is 0.0267 e. The molecule has 0 aliphatic heterocycles. The Morgan fingerprint density at radius 3 is 1.78 bits per heavy atom. The molecule has 0 bridgehead atoms. The molecule has 1 aromatic heterocycles. The summed E-state index contributed by atoms with van der Waals surface area (Å²) in [5.41, 5.74) is 0. The second-order valence-electron chi connectivity index (χ2n) is 1.07. The summed E-state index contributed by atoms with van der Waals surface area (Å²) in [5, 5.41) is 0. The van der Waals surface area contributed by atoms with Gasteiger partial charge in [0.05, 0.1) is 0 Å². The third-order valence-electron chi connectivity index (χ3n) is 0.566. The Kier molecular flexibility index (Phi) is 9.65. The van der Waals surface area contributed by atoms with Gasteiger partial charge in [-0.15, -0.1) is 0 Å². The van der Waals surface area contributed by atoms with E-state index in [9.17, 15) is 0 Å². The maximum absolute atomic E-state index is 5.04. The second kappa shape index (κ2) is 8.83. The molecular weight excluding hydrogens is 343 g/mol. The molecule has 1 heterocycles. The van der Waals surface area contributed by atoms with Crippen LogP contribution in [0.15, 0.2) is 30.6 Å². The molecule has 0 unspecified atom stereocenters. The van der Waals surface area contributed by atoms with Crippen LogP contribution >= 0.6 is 29.0 Å². The molecule has 0 saturated heterocycles. The van der Waals surface area contributed by atoms with Crippen LogP contribution in [0.3, 0.4) is 0 Å². The summed E-state index contributed by atoms with van der Waals surface area (Å²) in [6.45, 7) is 0. The molecule has 0 aromatic carbocycles. The number of nitrogens with zero attached hydrogens (tertiary/aromatic N) is 1. The molecule has 0 amide bonds. The molecule has 0 N–H and O–H groups in total. The van der Waals surface area contributed by atoms with Crippen LogP contribution in [0.4, 0.5) is 0 Å². The third-order valence-corrected chi connectivity index (χ3v) is 0.566. The Balaban J connectivity index is 0.000000187. The molecule has 9 heavy (non-hydrogen) atoms. The van der Waals surface area contributed by atoms with Crippen molar-refractivity contribution >= 4 is 29.0 Å². The molecule has 0 saturated carbocycles. The molecule has 0 aliphatic carbocycles.